The third-order valence-electron chi connectivity index (χ3n) is 2.86. The Balaban J connectivity index is 1.70. The molecule has 0 spiro atoms. The smallest absolute Gasteiger partial charge is 0.433 e. The minimum atomic E-state index is -0.576. The Morgan fingerprint density at radius 1 is 1.48 bits per heavy atom. The summed E-state index contributed by atoms with van der Waals surface area (Å²) >= 11 is 0. The number of nitrogens with one attached hydrogen (secondary N) is 2. The molecule has 2 atom stereocenters. The molecule has 0 aromatic carbocycles. The first-order valence-electron chi connectivity index (χ1n) is 6.70. The molecule has 0 saturated heterocycles. The molecule has 8 nitrogen and oxygen atoms in total. The minimum absolute atomic E-state index is 0.0183. The van der Waals surface area contributed by atoms with Gasteiger partial charge in [0.2, 0.25) is 0 Å². The third kappa shape index (κ3) is 4.75. The van der Waals surface area contributed by atoms with Crippen molar-refractivity contribution in [3.05, 3.63) is 28.0 Å². The standard InChI is InChI=1S/C13H19N3O5/c1-13(2,3)21-12(17)15-10-6-9(10)14-7-8-4-5-11(20-8)16(18)19/h4-5,9-10,14H,6-7H2,1-3H3,(H,15,17). The Morgan fingerprint density at radius 2 is 2.19 bits per heavy atom. The fraction of sp³-hybridized carbons (Fsp3) is 0.615. The number of furan rings is 1. The van der Waals surface area contributed by atoms with Crippen LogP contribution >= 0.6 is 0 Å². The number of amides is 1. The van der Waals surface area contributed by atoms with Crippen LogP contribution in [-0.4, -0.2) is 28.7 Å². The van der Waals surface area contributed by atoms with E-state index in [1.807, 2.05) is 0 Å². The van der Waals surface area contributed by atoms with Crippen LogP contribution in [0.4, 0.5) is 10.7 Å². The highest BCUT2D eigenvalue weighted by molar-refractivity contribution is 5.68. The second-order valence-electron chi connectivity index (χ2n) is 5.97. The molecule has 2 N–H and O–H groups in total. The molecule has 21 heavy (non-hydrogen) atoms. The van der Waals surface area contributed by atoms with Crippen molar-refractivity contribution in [1.29, 1.82) is 0 Å². The van der Waals surface area contributed by atoms with E-state index in [0.717, 1.165) is 6.42 Å². The zero-order chi connectivity index (χ0) is 15.6. The van der Waals surface area contributed by atoms with Gasteiger partial charge in [0.1, 0.15) is 16.3 Å². The summed E-state index contributed by atoms with van der Waals surface area (Å²) < 4.78 is 10.2. The summed E-state index contributed by atoms with van der Waals surface area (Å²) in [6.45, 7) is 5.79. The number of carbonyl (C=O) groups excluding carboxylic acids is 1. The molecule has 2 unspecified atom stereocenters. The molecule has 0 radical (unpaired) electrons. The summed E-state index contributed by atoms with van der Waals surface area (Å²) in [6.07, 6.45) is 0.354. The molecule has 1 heterocycles. The summed E-state index contributed by atoms with van der Waals surface area (Å²) in [5.41, 5.74) is -0.519. The lowest BCUT2D eigenvalue weighted by molar-refractivity contribution is -0.402. The zero-order valence-corrected chi connectivity index (χ0v) is 12.2. The first-order chi connectivity index (χ1) is 9.74. The van der Waals surface area contributed by atoms with Crippen molar-refractivity contribution in [2.24, 2.45) is 0 Å². The normalized spacial score (nSPS) is 20.9. The molecule has 116 valence electrons. The van der Waals surface area contributed by atoms with Crippen molar-refractivity contribution >= 4 is 12.0 Å². The Labute approximate surface area is 122 Å². The Hall–Kier alpha value is -2.09. The van der Waals surface area contributed by atoms with Crippen molar-refractivity contribution in [2.45, 2.75) is 51.4 Å². The second kappa shape index (κ2) is 5.72. The fourth-order valence-corrected chi connectivity index (χ4v) is 1.83. The maximum absolute atomic E-state index is 11.6. The van der Waals surface area contributed by atoms with Crippen LogP contribution < -0.4 is 10.6 Å². The second-order valence-corrected chi connectivity index (χ2v) is 5.97. The highest BCUT2D eigenvalue weighted by atomic mass is 16.6. The summed E-state index contributed by atoms with van der Waals surface area (Å²) in [5.74, 6) is 0.218. The lowest BCUT2D eigenvalue weighted by atomic mass is 10.2. The van der Waals surface area contributed by atoms with Gasteiger partial charge in [-0.05, 0) is 33.3 Å². The molecular formula is C13H19N3O5. The predicted octanol–water partition coefficient (Wildman–Crippen LogP) is 1.94. The lowest BCUT2D eigenvalue weighted by Crippen LogP contribution is -2.36. The molecule has 1 amide bonds. The van der Waals surface area contributed by atoms with Gasteiger partial charge in [-0.25, -0.2) is 4.79 Å². The molecule has 1 aliphatic carbocycles. The van der Waals surface area contributed by atoms with Crippen LogP contribution in [0.2, 0.25) is 0 Å². The van der Waals surface area contributed by atoms with Gasteiger partial charge in [-0.2, -0.15) is 0 Å². The van der Waals surface area contributed by atoms with Crippen LogP contribution in [0.3, 0.4) is 0 Å². The maximum Gasteiger partial charge on any atom is 0.433 e. The lowest BCUT2D eigenvalue weighted by Gasteiger charge is -2.19. The van der Waals surface area contributed by atoms with Gasteiger partial charge in [0.15, 0.2) is 0 Å². The van der Waals surface area contributed by atoms with Crippen molar-refractivity contribution < 1.29 is 18.9 Å². The van der Waals surface area contributed by atoms with E-state index < -0.39 is 16.6 Å². The number of ether oxygens (including phenoxy) is 1. The first-order valence-corrected chi connectivity index (χ1v) is 6.70. The summed E-state index contributed by atoms with van der Waals surface area (Å²) in [5, 5.41) is 16.4. The van der Waals surface area contributed by atoms with Crippen molar-refractivity contribution in [1.82, 2.24) is 10.6 Å². The van der Waals surface area contributed by atoms with Crippen LogP contribution in [0.5, 0.6) is 0 Å². The third-order valence-corrected chi connectivity index (χ3v) is 2.86. The van der Waals surface area contributed by atoms with Crippen molar-refractivity contribution in [2.75, 3.05) is 0 Å². The van der Waals surface area contributed by atoms with Crippen molar-refractivity contribution in [3.63, 3.8) is 0 Å². The summed E-state index contributed by atoms with van der Waals surface area (Å²) in [6, 6.07) is 3.02. The predicted molar refractivity (Wildman–Crippen MR) is 73.8 cm³/mol. The number of nitrogens with zero attached hydrogens (tertiary/aromatic N) is 1. The number of carbonyl (C=O) groups is 1. The van der Waals surface area contributed by atoms with Crippen LogP contribution in [0.15, 0.2) is 16.5 Å². The van der Waals surface area contributed by atoms with Crippen LogP contribution in [0.25, 0.3) is 0 Å². The highest BCUT2D eigenvalue weighted by Gasteiger charge is 2.39. The average molecular weight is 297 g/mol. The highest BCUT2D eigenvalue weighted by Crippen LogP contribution is 2.23. The first kappa shape index (κ1) is 15.3. The Morgan fingerprint density at radius 3 is 2.76 bits per heavy atom. The van der Waals surface area contributed by atoms with E-state index in [2.05, 4.69) is 10.6 Å². The van der Waals surface area contributed by atoms with E-state index in [1.165, 1.54) is 6.07 Å². The van der Waals surface area contributed by atoms with Gasteiger partial charge < -0.3 is 19.8 Å². The summed E-state index contributed by atoms with van der Waals surface area (Å²) in [4.78, 5) is 21.5. The van der Waals surface area contributed by atoms with E-state index in [9.17, 15) is 14.9 Å². The van der Waals surface area contributed by atoms with Crippen LogP contribution in [-0.2, 0) is 11.3 Å². The molecular weight excluding hydrogens is 278 g/mol. The van der Waals surface area contributed by atoms with Crippen molar-refractivity contribution in [3.8, 4) is 0 Å². The summed E-state index contributed by atoms with van der Waals surface area (Å²) in [7, 11) is 0. The van der Waals surface area contributed by atoms with Gasteiger partial charge >= 0.3 is 12.0 Å². The molecule has 1 aliphatic rings. The maximum atomic E-state index is 11.6. The largest absolute Gasteiger partial charge is 0.444 e. The topological polar surface area (TPSA) is 107 Å². The SMILES string of the molecule is CC(C)(C)OC(=O)NC1CC1NCc1ccc([N+](=O)[O-])o1. The Bertz CT molecular complexity index is 534. The molecule has 1 saturated carbocycles. The quantitative estimate of drug-likeness (QED) is 0.635. The van der Waals surface area contributed by atoms with Gasteiger partial charge in [0.25, 0.3) is 0 Å². The van der Waals surface area contributed by atoms with Gasteiger partial charge in [-0.3, -0.25) is 10.1 Å². The van der Waals surface area contributed by atoms with Gasteiger partial charge in [-0.1, -0.05) is 0 Å². The molecule has 8 heteroatoms. The minimum Gasteiger partial charge on any atom is -0.444 e. The molecule has 1 fully saturated rings. The van der Waals surface area contributed by atoms with Gasteiger partial charge in [0, 0.05) is 12.1 Å². The fourth-order valence-electron chi connectivity index (χ4n) is 1.83. The molecule has 0 bridgehead atoms. The van der Waals surface area contributed by atoms with E-state index in [4.69, 9.17) is 9.15 Å². The number of rotatable bonds is 5. The number of hydrogen-bond donors (Lipinski definition) is 2. The number of hydrogen-bond acceptors (Lipinski definition) is 6. The molecule has 0 aliphatic heterocycles. The van der Waals surface area contributed by atoms with Crippen LogP contribution in [0, 0.1) is 10.1 Å². The molecule has 1 aromatic rings. The zero-order valence-electron chi connectivity index (χ0n) is 12.2. The number of alkyl carbamates (subject to hydrolysis) is 1. The molecule has 2 rings (SSSR count). The van der Waals surface area contributed by atoms with Gasteiger partial charge in [-0.15, -0.1) is 0 Å². The van der Waals surface area contributed by atoms with E-state index >= 15 is 0 Å². The molecule has 1 aromatic heterocycles. The van der Waals surface area contributed by atoms with E-state index in [-0.39, 0.29) is 18.0 Å². The average Bonchev–Trinajstić information content (AvgIpc) is 2.87. The monoisotopic (exact) mass is 297 g/mol. The Kier molecular flexibility index (Phi) is 4.17. The number of nitro groups is 1. The van der Waals surface area contributed by atoms with Crippen LogP contribution in [0.1, 0.15) is 33.0 Å². The van der Waals surface area contributed by atoms with Gasteiger partial charge in [0.05, 0.1) is 12.6 Å². The van der Waals surface area contributed by atoms with E-state index in [1.54, 1.807) is 26.8 Å². The van der Waals surface area contributed by atoms with E-state index in [0.29, 0.717) is 12.3 Å².